The molecule has 0 heterocycles. The van der Waals surface area contributed by atoms with E-state index in [4.69, 9.17) is 12.2 Å². The quantitative estimate of drug-likeness (QED) is 0.825. The molecule has 0 aliphatic heterocycles. The van der Waals surface area contributed by atoms with Crippen molar-refractivity contribution in [2.45, 2.75) is 13.0 Å². The number of aryl methyl sites for hydroxylation is 1. The van der Waals surface area contributed by atoms with E-state index in [2.05, 4.69) is 73.0 Å². The maximum absolute atomic E-state index is 5.38. The van der Waals surface area contributed by atoms with Gasteiger partial charge in [-0.15, -0.1) is 0 Å². The molecule has 0 saturated heterocycles. The number of anilines is 1. The van der Waals surface area contributed by atoms with Crippen molar-refractivity contribution in [3.63, 3.8) is 0 Å². The van der Waals surface area contributed by atoms with Crippen LogP contribution in [0.25, 0.3) is 0 Å². The largest absolute Gasteiger partial charge is 0.361 e. The third-order valence-electron chi connectivity index (χ3n) is 3.57. The fraction of sp³-hybridized carbons (Fsp3) is 0.278. The van der Waals surface area contributed by atoms with Gasteiger partial charge in [0.05, 0.1) is 6.04 Å². The summed E-state index contributed by atoms with van der Waals surface area (Å²) in [7, 11) is 4.16. The van der Waals surface area contributed by atoms with Crippen molar-refractivity contribution >= 4 is 23.0 Å². The van der Waals surface area contributed by atoms with Gasteiger partial charge in [-0.2, -0.15) is 0 Å². The summed E-state index contributed by atoms with van der Waals surface area (Å²) in [4.78, 5) is 2.19. The molecule has 0 saturated carbocycles. The third kappa shape index (κ3) is 4.83. The van der Waals surface area contributed by atoms with E-state index in [0.717, 1.165) is 12.2 Å². The Morgan fingerprint density at radius 2 is 1.68 bits per heavy atom. The van der Waals surface area contributed by atoms with Crippen molar-refractivity contribution in [1.29, 1.82) is 0 Å². The second-order valence-corrected chi connectivity index (χ2v) is 6.00. The lowest BCUT2D eigenvalue weighted by Crippen LogP contribution is -2.36. The third-order valence-corrected chi connectivity index (χ3v) is 3.82. The van der Waals surface area contributed by atoms with Crippen molar-refractivity contribution in [3.05, 3.63) is 65.7 Å². The molecule has 0 bridgehead atoms. The summed E-state index contributed by atoms with van der Waals surface area (Å²) in [5, 5.41) is 7.17. The Hall–Kier alpha value is -1.91. The number of rotatable bonds is 5. The molecule has 2 N–H and O–H groups in total. The van der Waals surface area contributed by atoms with Gasteiger partial charge in [0.25, 0.3) is 0 Å². The molecule has 22 heavy (non-hydrogen) atoms. The molecular formula is C18H23N3S. The van der Waals surface area contributed by atoms with E-state index in [-0.39, 0.29) is 6.04 Å². The minimum Gasteiger partial charge on any atom is -0.361 e. The molecule has 0 aliphatic carbocycles. The van der Waals surface area contributed by atoms with Crippen LogP contribution in [0.2, 0.25) is 0 Å². The first-order chi connectivity index (χ1) is 10.6. The van der Waals surface area contributed by atoms with Crippen LogP contribution in [0.15, 0.2) is 54.6 Å². The Labute approximate surface area is 138 Å². The molecule has 0 unspecified atom stereocenters. The van der Waals surface area contributed by atoms with Gasteiger partial charge in [0.1, 0.15) is 0 Å². The van der Waals surface area contributed by atoms with Crippen molar-refractivity contribution in [2.75, 3.05) is 26.0 Å². The van der Waals surface area contributed by atoms with Gasteiger partial charge in [0.2, 0.25) is 0 Å². The molecule has 0 fully saturated rings. The first-order valence-corrected chi connectivity index (χ1v) is 7.80. The van der Waals surface area contributed by atoms with Crippen molar-refractivity contribution in [3.8, 4) is 0 Å². The maximum atomic E-state index is 5.38. The summed E-state index contributed by atoms with van der Waals surface area (Å²) >= 11 is 5.38. The lowest BCUT2D eigenvalue weighted by Gasteiger charge is -2.25. The van der Waals surface area contributed by atoms with Gasteiger partial charge in [0.15, 0.2) is 5.11 Å². The minimum absolute atomic E-state index is 0.277. The van der Waals surface area contributed by atoms with Gasteiger partial charge in [-0.25, -0.2) is 0 Å². The zero-order valence-electron chi connectivity index (χ0n) is 13.3. The summed E-state index contributed by atoms with van der Waals surface area (Å²) < 4.78 is 0. The monoisotopic (exact) mass is 313 g/mol. The Balaban J connectivity index is 1.92. The molecule has 0 spiro atoms. The lowest BCUT2D eigenvalue weighted by atomic mass is 10.1. The van der Waals surface area contributed by atoms with Crippen LogP contribution < -0.4 is 10.6 Å². The normalized spacial score (nSPS) is 12.0. The molecule has 2 aromatic rings. The van der Waals surface area contributed by atoms with Crippen molar-refractivity contribution in [1.82, 2.24) is 10.2 Å². The second-order valence-electron chi connectivity index (χ2n) is 5.59. The molecule has 1 atom stereocenters. The Kier molecular flexibility index (Phi) is 5.92. The molecule has 3 nitrogen and oxygen atoms in total. The standard InChI is InChI=1S/C18H23N3S/c1-14-9-11-16(12-10-14)20-18(22)19-13-17(21(2)3)15-7-5-4-6-8-15/h4-12,17H,13H2,1-3H3,(H2,19,20,22)/t17-/m1/s1. The van der Waals surface area contributed by atoms with Crippen molar-refractivity contribution in [2.24, 2.45) is 0 Å². The van der Waals surface area contributed by atoms with Crippen LogP contribution in [0.3, 0.4) is 0 Å². The van der Waals surface area contributed by atoms with Gasteiger partial charge in [-0.3, -0.25) is 0 Å². The van der Waals surface area contributed by atoms with E-state index >= 15 is 0 Å². The molecule has 0 aliphatic rings. The van der Waals surface area contributed by atoms with E-state index in [1.807, 2.05) is 18.2 Å². The van der Waals surface area contributed by atoms with Crippen LogP contribution >= 0.6 is 12.2 Å². The average Bonchev–Trinajstić information content (AvgIpc) is 2.50. The molecular weight excluding hydrogens is 290 g/mol. The van der Waals surface area contributed by atoms with E-state index in [9.17, 15) is 0 Å². The maximum Gasteiger partial charge on any atom is 0.170 e. The van der Waals surface area contributed by atoms with Crippen LogP contribution in [-0.4, -0.2) is 30.7 Å². The first kappa shape index (κ1) is 16.5. The Bertz CT molecular complexity index is 593. The number of hydrogen-bond donors (Lipinski definition) is 2. The van der Waals surface area contributed by atoms with Gasteiger partial charge in [-0.1, -0.05) is 48.0 Å². The molecule has 2 rings (SSSR count). The summed E-state index contributed by atoms with van der Waals surface area (Å²) in [5.74, 6) is 0. The molecule has 116 valence electrons. The summed E-state index contributed by atoms with van der Waals surface area (Å²) in [6, 6.07) is 18.9. The molecule has 0 aromatic heterocycles. The number of hydrogen-bond acceptors (Lipinski definition) is 2. The van der Waals surface area contributed by atoms with Crippen LogP contribution in [0, 0.1) is 6.92 Å². The van der Waals surface area contributed by atoms with Crippen LogP contribution in [-0.2, 0) is 0 Å². The topological polar surface area (TPSA) is 27.3 Å². The van der Waals surface area contributed by atoms with Gasteiger partial charge >= 0.3 is 0 Å². The second kappa shape index (κ2) is 7.92. The highest BCUT2D eigenvalue weighted by Gasteiger charge is 2.13. The van der Waals surface area contributed by atoms with E-state index in [1.165, 1.54) is 11.1 Å². The fourth-order valence-electron chi connectivity index (χ4n) is 2.28. The summed E-state index contributed by atoms with van der Waals surface area (Å²) in [6.07, 6.45) is 0. The van der Waals surface area contributed by atoms with E-state index in [0.29, 0.717) is 5.11 Å². The fourth-order valence-corrected chi connectivity index (χ4v) is 2.48. The summed E-state index contributed by atoms with van der Waals surface area (Å²) in [5.41, 5.74) is 3.52. The van der Waals surface area contributed by atoms with Gasteiger partial charge in [-0.05, 0) is 50.9 Å². The van der Waals surface area contributed by atoms with Gasteiger partial charge < -0.3 is 15.5 Å². The summed E-state index contributed by atoms with van der Waals surface area (Å²) in [6.45, 7) is 2.83. The smallest absolute Gasteiger partial charge is 0.170 e. The molecule has 4 heteroatoms. The van der Waals surface area contributed by atoms with Crippen LogP contribution in [0.4, 0.5) is 5.69 Å². The first-order valence-electron chi connectivity index (χ1n) is 7.39. The highest BCUT2D eigenvalue weighted by Crippen LogP contribution is 2.16. The van der Waals surface area contributed by atoms with Crippen molar-refractivity contribution < 1.29 is 0 Å². The predicted octanol–water partition coefficient (Wildman–Crippen LogP) is 3.58. The number of nitrogens with zero attached hydrogens (tertiary/aromatic N) is 1. The minimum atomic E-state index is 0.277. The zero-order chi connectivity index (χ0) is 15.9. The number of benzene rings is 2. The SMILES string of the molecule is Cc1ccc(NC(=S)NC[C@H](c2ccccc2)N(C)C)cc1. The Morgan fingerprint density at radius 3 is 2.27 bits per heavy atom. The van der Waals surface area contributed by atoms with E-state index in [1.54, 1.807) is 0 Å². The van der Waals surface area contributed by atoms with Gasteiger partial charge in [0, 0.05) is 12.2 Å². The van der Waals surface area contributed by atoms with E-state index < -0.39 is 0 Å². The van der Waals surface area contributed by atoms with Crippen LogP contribution in [0.5, 0.6) is 0 Å². The number of nitrogens with one attached hydrogen (secondary N) is 2. The zero-order valence-corrected chi connectivity index (χ0v) is 14.2. The molecule has 0 amide bonds. The predicted molar refractivity (Wildman–Crippen MR) is 98.3 cm³/mol. The average molecular weight is 313 g/mol. The highest BCUT2D eigenvalue weighted by atomic mass is 32.1. The lowest BCUT2D eigenvalue weighted by molar-refractivity contribution is 0.299. The number of likely N-dealkylation sites (N-methyl/N-ethyl adjacent to an activating group) is 1. The highest BCUT2D eigenvalue weighted by molar-refractivity contribution is 7.80. The molecule has 0 radical (unpaired) electrons. The number of thiocarbonyl (C=S) groups is 1. The van der Waals surface area contributed by atoms with Crippen LogP contribution in [0.1, 0.15) is 17.2 Å². The Morgan fingerprint density at radius 1 is 1.05 bits per heavy atom. The molecule has 2 aromatic carbocycles.